The minimum atomic E-state index is 0.234. The number of hydrogen-bond donors (Lipinski definition) is 0. The van der Waals surface area contributed by atoms with Crippen LogP contribution in [0.25, 0.3) is 17.2 Å². The number of aromatic nitrogens is 2. The molecule has 0 fully saturated rings. The molecule has 0 aliphatic carbocycles. The zero-order valence-electron chi connectivity index (χ0n) is 12.5. The number of nitrogens with zero attached hydrogens (tertiary/aromatic N) is 5. The maximum atomic E-state index is 8.94. The summed E-state index contributed by atoms with van der Waals surface area (Å²) in [6, 6.07) is 10.8. The number of hydrogen-bond acceptors (Lipinski definition) is 6. The first-order chi connectivity index (χ1) is 11.2. The third-order valence-corrected chi connectivity index (χ3v) is 2.79. The molecule has 0 aliphatic rings. The van der Waals surface area contributed by atoms with Crippen molar-refractivity contribution in [1.29, 1.82) is 10.5 Å². The number of allylic oxidation sites excluding steroid dienone is 2. The predicted molar refractivity (Wildman–Crippen MR) is 86.0 cm³/mol. The van der Waals surface area contributed by atoms with E-state index in [1.165, 1.54) is 6.21 Å². The van der Waals surface area contributed by atoms with Gasteiger partial charge in [-0.15, -0.1) is 0 Å². The Morgan fingerprint density at radius 1 is 1.43 bits per heavy atom. The quantitative estimate of drug-likeness (QED) is 0.621. The molecule has 0 bridgehead atoms. The fourth-order valence-electron chi connectivity index (χ4n) is 1.74. The number of nitriles is 2. The summed E-state index contributed by atoms with van der Waals surface area (Å²) in [5, 5.41) is 21.6. The van der Waals surface area contributed by atoms with Gasteiger partial charge in [-0.25, -0.2) is 0 Å². The van der Waals surface area contributed by atoms with Crippen LogP contribution >= 0.6 is 0 Å². The number of benzene rings is 1. The fourth-order valence-corrected chi connectivity index (χ4v) is 1.74. The molecule has 112 valence electrons. The van der Waals surface area contributed by atoms with Gasteiger partial charge in [0.2, 0.25) is 5.82 Å². The van der Waals surface area contributed by atoms with Gasteiger partial charge in [-0.3, -0.25) is 4.99 Å². The summed E-state index contributed by atoms with van der Waals surface area (Å²) in [7, 11) is 0. The molecule has 1 aromatic heterocycles. The van der Waals surface area contributed by atoms with Crippen LogP contribution in [0.15, 0.2) is 52.0 Å². The highest BCUT2D eigenvalue weighted by Gasteiger charge is 2.12. The highest BCUT2D eigenvalue weighted by Crippen LogP contribution is 2.21. The molecular weight excluding hydrogens is 290 g/mol. The van der Waals surface area contributed by atoms with E-state index in [0.29, 0.717) is 28.5 Å². The monoisotopic (exact) mass is 303 g/mol. The third kappa shape index (κ3) is 3.99. The average molecular weight is 303 g/mol. The Hall–Kier alpha value is -3.51. The van der Waals surface area contributed by atoms with Crippen molar-refractivity contribution in [2.45, 2.75) is 13.3 Å². The van der Waals surface area contributed by atoms with Crippen molar-refractivity contribution in [2.75, 3.05) is 0 Å². The highest BCUT2D eigenvalue weighted by atomic mass is 16.5. The largest absolute Gasteiger partial charge is 0.334 e. The van der Waals surface area contributed by atoms with Crippen LogP contribution in [0.5, 0.6) is 0 Å². The van der Waals surface area contributed by atoms with Crippen molar-refractivity contribution in [1.82, 2.24) is 10.1 Å². The first kappa shape index (κ1) is 15.9. The summed E-state index contributed by atoms with van der Waals surface area (Å²) < 4.78 is 5.24. The van der Waals surface area contributed by atoms with Gasteiger partial charge >= 0.3 is 0 Å². The van der Waals surface area contributed by atoms with Crippen LogP contribution in [-0.4, -0.2) is 16.4 Å². The minimum absolute atomic E-state index is 0.234. The van der Waals surface area contributed by atoms with E-state index in [1.807, 2.05) is 19.1 Å². The zero-order valence-corrected chi connectivity index (χ0v) is 12.5. The van der Waals surface area contributed by atoms with Gasteiger partial charge in [0.05, 0.1) is 17.2 Å². The van der Waals surface area contributed by atoms with Crippen LogP contribution in [0.2, 0.25) is 0 Å². The molecular formula is C17H13N5O. The molecule has 2 aromatic rings. The Labute approximate surface area is 133 Å². The second-order valence-corrected chi connectivity index (χ2v) is 4.51. The van der Waals surface area contributed by atoms with Gasteiger partial charge in [-0.1, -0.05) is 30.8 Å². The molecule has 0 aliphatic heterocycles. The van der Waals surface area contributed by atoms with E-state index in [1.54, 1.807) is 24.3 Å². The second kappa shape index (κ2) is 7.48. The molecule has 1 heterocycles. The maximum Gasteiger partial charge on any atom is 0.258 e. The van der Waals surface area contributed by atoms with Crippen LogP contribution in [0, 0.1) is 22.7 Å². The van der Waals surface area contributed by atoms with Crippen molar-refractivity contribution >= 4 is 11.9 Å². The van der Waals surface area contributed by atoms with Crippen molar-refractivity contribution in [3.63, 3.8) is 0 Å². The SMILES string of the molecule is C=C(C#N)C=N/C(=C\CC)c1noc(-c2cccc(C#N)c2)n1. The summed E-state index contributed by atoms with van der Waals surface area (Å²) in [4.78, 5) is 8.47. The summed E-state index contributed by atoms with van der Waals surface area (Å²) in [5.41, 5.74) is 1.90. The Bertz CT molecular complexity index is 862. The van der Waals surface area contributed by atoms with Crippen LogP contribution < -0.4 is 0 Å². The van der Waals surface area contributed by atoms with Gasteiger partial charge in [0.25, 0.3) is 5.89 Å². The molecule has 0 spiro atoms. The highest BCUT2D eigenvalue weighted by molar-refractivity contribution is 5.87. The number of rotatable bonds is 5. The van der Waals surface area contributed by atoms with E-state index in [-0.39, 0.29) is 5.57 Å². The first-order valence-corrected chi connectivity index (χ1v) is 6.85. The van der Waals surface area contributed by atoms with E-state index >= 15 is 0 Å². The number of aliphatic imine (C=N–C) groups is 1. The Morgan fingerprint density at radius 3 is 2.96 bits per heavy atom. The van der Waals surface area contributed by atoms with Gasteiger partial charge in [0.15, 0.2) is 0 Å². The molecule has 0 unspecified atom stereocenters. The molecule has 0 saturated carbocycles. The standard InChI is InChI=1S/C17H13N5O/c1-3-5-15(20-11-12(2)9-18)16-21-17(23-22-16)14-7-4-6-13(8-14)10-19/h4-8,11H,2-3H2,1H3/b15-5-,20-11?. The van der Waals surface area contributed by atoms with Crippen molar-refractivity contribution in [3.05, 3.63) is 53.9 Å². The van der Waals surface area contributed by atoms with E-state index in [2.05, 4.69) is 27.8 Å². The fraction of sp³-hybridized carbons (Fsp3) is 0.118. The van der Waals surface area contributed by atoms with Crippen molar-refractivity contribution in [2.24, 2.45) is 4.99 Å². The molecule has 0 N–H and O–H groups in total. The van der Waals surface area contributed by atoms with E-state index in [9.17, 15) is 0 Å². The molecule has 0 atom stereocenters. The molecule has 0 radical (unpaired) electrons. The molecule has 0 saturated heterocycles. The zero-order chi connectivity index (χ0) is 16.7. The van der Waals surface area contributed by atoms with Crippen molar-refractivity contribution < 1.29 is 4.52 Å². The minimum Gasteiger partial charge on any atom is -0.334 e. The lowest BCUT2D eigenvalue weighted by Gasteiger charge is -1.95. The molecule has 0 amide bonds. The molecule has 1 aromatic carbocycles. The van der Waals surface area contributed by atoms with Gasteiger partial charge in [-0.2, -0.15) is 15.5 Å². The second-order valence-electron chi connectivity index (χ2n) is 4.51. The summed E-state index contributed by atoms with van der Waals surface area (Å²) >= 11 is 0. The maximum absolute atomic E-state index is 8.94. The predicted octanol–water partition coefficient (Wildman–Crippen LogP) is 3.51. The smallest absolute Gasteiger partial charge is 0.258 e. The summed E-state index contributed by atoms with van der Waals surface area (Å²) in [5.74, 6) is 0.611. The normalized spacial score (nSPS) is 11.2. The van der Waals surface area contributed by atoms with Gasteiger partial charge in [-0.05, 0) is 24.6 Å². The Kier molecular flexibility index (Phi) is 5.16. The molecule has 2 rings (SSSR count). The van der Waals surface area contributed by atoms with Gasteiger partial charge < -0.3 is 4.52 Å². The van der Waals surface area contributed by atoms with Crippen molar-refractivity contribution in [3.8, 4) is 23.6 Å². The first-order valence-electron chi connectivity index (χ1n) is 6.85. The van der Waals surface area contributed by atoms with Crippen LogP contribution in [0.3, 0.4) is 0 Å². The lowest BCUT2D eigenvalue weighted by molar-refractivity contribution is 0.428. The molecule has 6 nitrogen and oxygen atoms in total. The lowest BCUT2D eigenvalue weighted by Crippen LogP contribution is -1.87. The van der Waals surface area contributed by atoms with Gasteiger partial charge in [0, 0.05) is 11.8 Å². The summed E-state index contributed by atoms with van der Waals surface area (Å²) in [6.45, 7) is 5.49. The Balaban J connectivity index is 2.34. The lowest BCUT2D eigenvalue weighted by atomic mass is 10.1. The van der Waals surface area contributed by atoms with Crippen LogP contribution in [0.1, 0.15) is 24.7 Å². The van der Waals surface area contributed by atoms with E-state index < -0.39 is 0 Å². The molecule has 23 heavy (non-hydrogen) atoms. The average Bonchev–Trinajstić information content (AvgIpc) is 3.08. The summed E-state index contributed by atoms with van der Waals surface area (Å²) in [6.07, 6.45) is 3.90. The van der Waals surface area contributed by atoms with Crippen LogP contribution in [0.4, 0.5) is 0 Å². The van der Waals surface area contributed by atoms with Gasteiger partial charge in [0.1, 0.15) is 11.8 Å². The topological polar surface area (TPSA) is 98.9 Å². The van der Waals surface area contributed by atoms with E-state index in [4.69, 9.17) is 15.0 Å². The van der Waals surface area contributed by atoms with E-state index in [0.717, 1.165) is 6.42 Å². The van der Waals surface area contributed by atoms with Crippen LogP contribution in [-0.2, 0) is 0 Å². The third-order valence-electron chi connectivity index (χ3n) is 2.79. The molecule has 6 heteroatoms. The Morgan fingerprint density at radius 2 is 2.26 bits per heavy atom.